The number of aromatic hydroxyl groups is 1. The molecule has 0 aliphatic carbocycles. The van der Waals surface area contributed by atoms with Crippen LogP contribution >= 0.6 is 0 Å². The van der Waals surface area contributed by atoms with E-state index < -0.39 is 39.3 Å². The first kappa shape index (κ1) is 29.1. The van der Waals surface area contributed by atoms with E-state index in [1.165, 1.54) is 28.7 Å². The molecule has 5 rings (SSSR count). The Morgan fingerprint density at radius 2 is 1.76 bits per heavy atom. The van der Waals surface area contributed by atoms with Crippen LogP contribution in [0.1, 0.15) is 35.1 Å². The number of amidine groups is 1. The number of amides is 1. The van der Waals surface area contributed by atoms with Crippen LogP contribution in [-0.2, 0) is 14.8 Å². The van der Waals surface area contributed by atoms with E-state index in [-0.39, 0.29) is 43.2 Å². The van der Waals surface area contributed by atoms with E-state index in [1.54, 1.807) is 26.0 Å². The van der Waals surface area contributed by atoms with Crippen LogP contribution in [0.15, 0.2) is 57.8 Å². The highest BCUT2D eigenvalue weighted by atomic mass is 32.2. The summed E-state index contributed by atoms with van der Waals surface area (Å²) in [6, 6.07) is 8.38. The number of aliphatic imine (C=N–C) groups is 1. The molecule has 3 heterocycles. The highest BCUT2D eigenvalue weighted by Gasteiger charge is 2.47. The molecule has 42 heavy (non-hydrogen) atoms. The Hall–Kier alpha value is -4.37. The molecule has 3 aromatic rings. The number of halogens is 3. The lowest BCUT2D eigenvalue weighted by molar-refractivity contribution is -0.274. The number of H-pyrrole nitrogens is 1. The predicted molar refractivity (Wildman–Crippen MR) is 147 cm³/mol. The molecular formula is C27H26F3N5O6S. The number of imidazole rings is 1. The Labute approximate surface area is 238 Å². The molecule has 1 aromatic heterocycles. The molecule has 0 radical (unpaired) electrons. The van der Waals surface area contributed by atoms with E-state index in [1.807, 2.05) is 0 Å². The normalized spacial score (nSPS) is 17.5. The fraction of sp³-hybridized carbons (Fsp3) is 0.296. The maximum Gasteiger partial charge on any atom is 0.573 e. The maximum absolute atomic E-state index is 13.2. The van der Waals surface area contributed by atoms with Gasteiger partial charge in [0.1, 0.15) is 17.1 Å². The van der Waals surface area contributed by atoms with Crippen molar-refractivity contribution >= 4 is 27.8 Å². The van der Waals surface area contributed by atoms with Crippen molar-refractivity contribution in [1.29, 1.82) is 0 Å². The second kappa shape index (κ2) is 10.5. The van der Waals surface area contributed by atoms with Gasteiger partial charge in [0.15, 0.2) is 0 Å². The highest BCUT2D eigenvalue weighted by molar-refractivity contribution is 7.92. The van der Waals surface area contributed by atoms with Crippen molar-refractivity contribution in [3.05, 3.63) is 80.7 Å². The fourth-order valence-corrected chi connectivity index (χ4v) is 6.31. The molecule has 222 valence electrons. The van der Waals surface area contributed by atoms with Crippen LogP contribution in [-0.4, -0.2) is 64.1 Å². The lowest BCUT2D eigenvalue weighted by Gasteiger charge is -2.34. The van der Waals surface area contributed by atoms with Gasteiger partial charge in [0.05, 0.1) is 11.9 Å². The third kappa shape index (κ3) is 5.69. The minimum Gasteiger partial charge on any atom is -0.493 e. The van der Waals surface area contributed by atoms with Gasteiger partial charge in [-0.25, -0.2) is 17.8 Å². The Bertz CT molecular complexity index is 1760. The van der Waals surface area contributed by atoms with E-state index in [4.69, 9.17) is 0 Å². The SMILES string of the molecule is Cc1cc(-n2c(O)c[nH]c2=O)cc(C)c1C=CS(=O)(=O)N1CCC2(CC1)N=C(c1cccc(OC(F)(F)F)c1)NC2=O. The van der Waals surface area contributed by atoms with Crippen LogP contribution < -0.4 is 15.7 Å². The van der Waals surface area contributed by atoms with Crippen molar-refractivity contribution in [2.45, 2.75) is 38.6 Å². The molecule has 0 atom stereocenters. The lowest BCUT2D eigenvalue weighted by atomic mass is 9.89. The van der Waals surface area contributed by atoms with Gasteiger partial charge in [-0.15, -0.1) is 13.2 Å². The van der Waals surface area contributed by atoms with Gasteiger partial charge in [-0.3, -0.25) is 9.79 Å². The number of carbonyl (C=O) groups excluding carboxylic acids is 1. The molecule has 1 fully saturated rings. The summed E-state index contributed by atoms with van der Waals surface area (Å²) in [6.45, 7) is 3.50. The van der Waals surface area contributed by atoms with Crippen molar-refractivity contribution in [2.24, 2.45) is 4.99 Å². The maximum atomic E-state index is 13.2. The van der Waals surface area contributed by atoms with Crippen LogP contribution in [0, 0.1) is 13.8 Å². The number of aryl methyl sites for hydroxylation is 2. The molecular weight excluding hydrogens is 579 g/mol. The number of hydrogen-bond acceptors (Lipinski definition) is 7. The molecule has 1 saturated heterocycles. The topological polar surface area (TPSA) is 146 Å². The van der Waals surface area contributed by atoms with Crippen LogP contribution in [0.4, 0.5) is 13.2 Å². The second-order valence-corrected chi connectivity index (χ2v) is 11.9. The number of ether oxygens (including phenoxy) is 1. The number of alkyl halides is 3. The standard InChI is InChI=1S/C27H26F3N5O6S/c1-16-12-19(35-22(36)15-31-25(35)38)13-17(2)21(16)6-11-42(39,40)34-9-7-26(8-10-34)24(37)32-23(33-26)18-4-3-5-20(14-18)41-27(28,29)30/h3-6,11-15,36H,7-10H2,1-2H3,(H,31,38)(H,32,33,37). The van der Waals surface area contributed by atoms with Crippen molar-refractivity contribution in [1.82, 2.24) is 19.2 Å². The van der Waals surface area contributed by atoms with Crippen molar-refractivity contribution < 1.29 is 36.2 Å². The summed E-state index contributed by atoms with van der Waals surface area (Å²) in [5.74, 6) is -1.08. The zero-order valence-corrected chi connectivity index (χ0v) is 23.2. The van der Waals surface area contributed by atoms with Crippen LogP contribution in [0.2, 0.25) is 0 Å². The van der Waals surface area contributed by atoms with Crippen molar-refractivity contribution in [3.63, 3.8) is 0 Å². The molecule has 0 saturated carbocycles. The number of nitrogens with one attached hydrogen (secondary N) is 2. The molecule has 0 unspecified atom stereocenters. The third-order valence-corrected chi connectivity index (χ3v) is 8.80. The van der Waals surface area contributed by atoms with Gasteiger partial charge in [-0.2, -0.15) is 4.31 Å². The van der Waals surface area contributed by atoms with Gasteiger partial charge >= 0.3 is 12.1 Å². The summed E-state index contributed by atoms with van der Waals surface area (Å²) in [5.41, 5.74) is 0.873. The number of sulfonamides is 1. The van der Waals surface area contributed by atoms with Crippen LogP contribution in [0.5, 0.6) is 11.6 Å². The summed E-state index contributed by atoms with van der Waals surface area (Å²) in [4.78, 5) is 31.8. The lowest BCUT2D eigenvalue weighted by Crippen LogP contribution is -2.50. The molecule has 2 aromatic carbocycles. The highest BCUT2D eigenvalue weighted by Crippen LogP contribution is 2.33. The second-order valence-electron chi connectivity index (χ2n) is 10.0. The summed E-state index contributed by atoms with van der Waals surface area (Å²) in [6.07, 6.45) is -2.09. The Morgan fingerprint density at radius 3 is 2.36 bits per heavy atom. The molecule has 2 aliphatic heterocycles. The number of hydrogen-bond donors (Lipinski definition) is 3. The average molecular weight is 606 g/mol. The summed E-state index contributed by atoms with van der Waals surface area (Å²) in [5, 5.41) is 13.6. The Morgan fingerprint density at radius 1 is 1.10 bits per heavy atom. The van der Waals surface area contributed by atoms with Gasteiger partial charge in [-0.05, 0) is 73.7 Å². The molecule has 1 spiro atoms. The number of aromatic nitrogens is 2. The number of aromatic amines is 1. The quantitative estimate of drug-likeness (QED) is 0.394. The zero-order valence-electron chi connectivity index (χ0n) is 22.4. The van der Waals surface area contributed by atoms with Crippen molar-refractivity contribution in [3.8, 4) is 17.3 Å². The summed E-state index contributed by atoms with van der Waals surface area (Å²) in [7, 11) is -3.88. The number of benzene rings is 2. The first-order valence-corrected chi connectivity index (χ1v) is 14.2. The van der Waals surface area contributed by atoms with E-state index >= 15 is 0 Å². The largest absolute Gasteiger partial charge is 0.573 e. The molecule has 11 nitrogen and oxygen atoms in total. The first-order chi connectivity index (χ1) is 19.7. The van der Waals surface area contributed by atoms with Gasteiger partial charge in [0.2, 0.25) is 15.9 Å². The fourth-order valence-electron chi connectivity index (χ4n) is 5.14. The average Bonchev–Trinajstić information content (AvgIpc) is 3.40. The van der Waals surface area contributed by atoms with Gasteiger partial charge in [0, 0.05) is 24.1 Å². The number of rotatable bonds is 6. The molecule has 3 N–H and O–H groups in total. The van der Waals surface area contributed by atoms with Gasteiger partial charge < -0.3 is 20.1 Å². The number of nitrogens with zero attached hydrogens (tertiary/aromatic N) is 3. The van der Waals surface area contributed by atoms with Gasteiger partial charge in [0.25, 0.3) is 5.91 Å². The van der Waals surface area contributed by atoms with E-state index in [0.29, 0.717) is 22.4 Å². The predicted octanol–water partition coefficient (Wildman–Crippen LogP) is 3.10. The van der Waals surface area contributed by atoms with Crippen LogP contribution in [0.25, 0.3) is 11.8 Å². The summed E-state index contributed by atoms with van der Waals surface area (Å²) >= 11 is 0. The molecule has 2 aliphatic rings. The molecule has 1 amide bonds. The minimum atomic E-state index is -4.87. The first-order valence-electron chi connectivity index (χ1n) is 12.7. The molecule has 0 bridgehead atoms. The van der Waals surface area contributed by atoms with E-state index in [9.17, 15) is 36.3 Å². The van der Waals surface area contributed by atoms with Crippen molar-refractivity contribution in [2.75, 3.05) is 13.1 Å². The Balaban J connectivity index is 1.30. The minimum absolute atomic E-state index is 0.000678. The number of piperidine rings is 1. The smallest absolute Gasteiger partial charge is 0.493 e. The Kier molecular flexibility index (Phi) is 7.27. The van der Waals surface area contributed by atoms with Gasteiger partial charge in [-0.1, -0.05) is 12.1 Å². The monoisotopic (exact) mass is 605 g/mol. The van der Waals surface area contributed by atoms with Crippen LogP contribution in [0.3, 0.4) is 0 Å². The van der Waals surface area contributed by atoms with E-state index in [0.717, 1.165) is 22.1 Å². The molecule has 15 heteroatoms. The zero-order chi connectivity index (χ0) is 30.4. The van der Waals surface area contributed by atoms with E-state index in [2.05, 4.69) is 20.0 Å². The number of carbonyl (C=O) groups is 1. The summed E-state index contributed by atoms with van der Waals surface area (Å²) < 4.78 is 70.4. The third-order valence-electron chi connectivity index (χ3n) is 7.23.